The van der Waals surface area contributed by atoms with Crippen molar-refractivity contribution in [3.05, 3.63) is 59.1 Å². The number of thioether (sulfide) groups is 1. The lowest BCUT2D eigenvalue weighted by Gasteiger charge is -2.17. The summed E-state index contributed by atoms with van der Waals surface area (Å²) in [6.07, 6.45) is 4.46. The van der Waals surface area contributed by atoms with Gasteiger partial charge in [-0.15, -0.1) is 10.2 Å². The van der Waals surface area contributed by atoms with Crippen LogP contribution in [0.15, 0.2) is 53.7 Å². The third-order valence-electron chi connectivity index (χ3n) is 5.46. The molecule has 4 rings (SSSR count). The lowest BCUT2D eigenvalue weighted by atomic mass is 10.2. The van der Waals surface area contributed by atoms with E-state index in [-0.39, 0.29) is 17.6 Å². The second-order valence-electron chi connectivity index (χ2n) is 7.59. The molecule has 7 nitrogen and oxygen atoms in total. The van der Waals surface area contributed by atoms with Gasteiger partial charge in [0.25, 0.3) is 5.91 Å². The number of aromatic nitrogens is 3. The molecular weight excluding hydrogens is 446 g/mol. The smallest absolute Gasteiger partial charge is 0.251 e. The number of halogens is 1. The van der Waals surface area contributed by atoms with Crippen molar-refractivity contribution in [3.8, 4) is 11.4 Å². The summed E-state index contributed by atoms with van der Waals surface area (Å²) in [4.78, 5) is 24.2. The van der Waals surface area contributed by atoms with Gasteiger partial charge in [-0.25, -0.2) is 0 Å². The molecule has 32 heavy (non-hydrogen) atoms. The fourth-order valence-electron chi connectivity index (χ4n) is 3.87. The Morgan fingerprint density at radius 3 is 2.50 bits per heavy atom. The monoisotopic (exact) mass is 469 g/mol. The van der Waals surface area contributed by atoms with Gasteiger partial charge < -0.3 is 10.6 Å². The summed E-state index contributed by atoms with van der Waals surface area (Å²) >= 11 is 7.79. The average molecular weight is 470 g/mol. The van der Waals surface area contributed by atoms with Crippen LogP contribution >= 0.6 is 23.4 Å². The average Bonchev–Trinajstić information content (AvgIpc) is 3.47. The Morgan fingerprint density at radius 1 is 1.09 bits per heavy atom. The van der Waals surface area contributed by atoms with Crippen LogP contribution in [0, 0.1) is 0 Å². The van der Waals surface area contributed by atoms with E-state index in [0.717, 1.165) is 29.4 Å². The fourth-order valence-corrected chi connectivity index (χ4v) is 4.90. The second-order valence-corrected chi connectivity index (χ2v) is 8.94. The molecule has 0 unspecified atom stereocenters. The minimum Gasteiger partial charge on any atom is -0.355 e. The molecule has 0 aliphatic heterocycles. The molecule has 0 spiro atoms. The van der Waals surface area contributed by atoms with E-state index < -0.39 is 0 Å². The molecule has 1 saturated carbocycles. The maximum Gasteiger partial charge on any atom is 0.251 e. The predicted molar refractivity (Wildman–Crippen MR) is 127 cm³/mol. The molecule has 1 heterocycles. The molecule has 0 atom stereocenters. The SMILES string of the molecule is CNC(=O)c1ccc(NC(=O)CSc2nnc(-c3ccccc3Cl)n2C2CCCC2)cc1. The molecule has 1 aliphatic carbocycles. The maximum atomic E-state index is 12.5. The Morgan fingerprint density at radius 2 is 1.81 bits per heavy atom. The third-order valence-corrected chi connectivity index (χ3v) is 6.73. The molecule has 1 aliphatic rings. The summed E-state index contributed by atoms with van der Waals surface area (Å²) in [5, 5.41) is 15.6. The number of amides is 2. The van der Waals surface area contributed by atoms with Gasteiger partial charge in [0.1, 0.15) is 0 Å². The van der Waals surface area contributed by atoms with Gasteiger partial charge in [0.15, 0.2) is 11.0 Å². The minimum atomic E-state index is -0.168. The minimum absolute atomic E-state index is 0.150. The van der Waals surface area contributed by atoms with Gasteiger partial charge in [-0.1, -0.05) is 48.3 Å². The molecule has 2 amide bonds. The summed E-state index contributed by atoms with van der Waals surface area (Å²) in [6, 6.07) is 14.7. The van der Waals surface area contributed by atoms with Gasteiger partial charge in [-0.2, -0.15) is 0 Å². The Bertz CT molecular complexity index is 1110. The first-order valence-corrected chi connectivity index (χ1v) is 11.9. The van der Waals surface area contributed by atoms with Gasteiger partial charge in [0.05, 0.1) is 10.8 Å². The van der Waals surface area contributed by atoms with Crippen LogP contribution in [0.1, 0.15) is 42.1 Å². The van der Waals surface area contributed by atoms with Gasteiger partial charge in [0, 0.05) is 29.9 Å². The van der Waals surface area contributed by atoms with Crippen LogP contribution < -0.4 is 10.6 Å². The van der Waals surface area contributed by atoms with E-state index in [1.165, 1.54) is 24.6 Å². The van der Waals surface area contributed by atoms with Crippen molar-refractivity contribution in [2.24, 2.45) is 0 Å². The number of nitrogens with one attached hydrogen (secondary N) is 2. The van der Waals surface area contributed by atoms with Crippen LogP contribution in [-0.4, -0.2) is 39.4 Å². The number of benzene rings is 2. The van der Waals surface area contributed by atoms with E-state index in [9.17, 15) is 9.59 Å². The van der Waals surface area contributed by atoms with Gasteiger partial charge in [-0.3, -0.25) is 14.2 Å². The van der Waals surface area contributed by atoms with Crippen molar-refractivity contribution in [3.63, 3.8) is 0 Å². The number of anilines is 1. The molecule has 1 fully saturated rings. The summed E-state index contributed by atoms with van der Waals surface area (Å²) < 4.78 is 2.14. The number of nitrogens with zero attached hydrogens (tertiary/aromatic N) is 3. The summed E-state index contributed by atoms with van der Waals surface area (Å²) in [5.74, 6) is 0.627. The zero-order valence-corrected chi connectivity index (χ0v) is 19.2. The topological polar surface area (TPSA) is 88.9 Å². The van der Waals surface area contributed by atoms with Gasteiger partial charge in [-0.05, 0) is 49.2 Å². The summed E-state index contributed by atoms with van der Waals surface area (Å²) in [6.45, 7) is 0. The summed E-state index contributed by atoms with van der Waals surface area (Å²) in [7, 11) is 1.58. The molecule has 0 bridgehead atoms. The maximum absolute atomic E-state index is 12.5. The van der Waals surface area contributed by atoms with Crippen LogP contribution in [0.3, 0.4) is 0 Å². The fraction of sp³-hybridized carbons (Fsp3) is 0.304. The third kappa shape index (κ3) is 4.97. The molecule has 166 valence electrons. The van der Waals surface area contributed by atoms with Crippen molar-refractivity contribution < 1.29 is 9.59 Å². The quantitative estimate of drug-likeness (QED) is 0.485. The second kappa shape index (κ2) is 10.2. The molecule has 2 N–H and O–H groups in total. The first-order chi connectivity index (χ1) is 15.6. The Hall–Kier alpha value is -2.84. The summed E-state index contributed by atoms with van der Waals surface area (Å²) in [5.41, 5.74) is 2.02. The molecule has 0 radical (unpaired) electrons. The highest BCUT2D eigenvalue weighted by Gasteiger charge is 2.26. The standard InChI is InChI=1S/C23H24ClN5O2S/c1-25-22(31)15-10-12-16(13-11-15)26-20(30)14-32-23-28-27-21(18-8-4-5-9-19(18)24)29(23)17-6-2-3-7-17/h4-5,8-13,17H,2-3,6-7,14H2,1H3,(H,25,31)(H,26,30). The molecule has 9 heteroatoms. The molecule has 0 saturated heterocycles. The van der Waals surface area contributed by atoms with Crippen molar-refractivity contribution in [2.45, 2.75) is 36.9 Å². The molecule has 2 aromatic carbocycles. The van der Waals surface area contributed by atoms with E-state index in [2.05, 4.69) is 25.4 Å². The highest BCUT2D eigenvalue weighted by Crippen LogP contribution is 2.38. The van der Waals surface area contributed by atoms with Crippen LogP contribution in [-0.2, 0) is 4.79 Å². The first kappa shape index (κ1) is 22.4. The van der Waals surface area contributed by atoms with E-state index in [4.69, 9.17) is 11.6 Å². The van der Waals surface area contributed by atoms with Crippen molar-refractivity contribution in [1.82, 2.24) is 20.1 Å². The zero-order valence-electron chi connectivity index (χ0n) is 17.7. The largest absolute Gasteiger partial charge is 0.355 e. The first-order valence-electron chi connectivity index (χ1n) is 10.5. The van der Waals surface area contributed by atoms with E-state index in [1.807, 2.05) is 24.3 Å². The van der Waals surface area contributed by atoms with Crippen molar-refractivity contribution in [1.29, 1.82) is 0 Å². The van der Waals surface area contributed by atoms with Crippen LogP contribution in [0.2, 0.25) is 5.02 Å². The van der Waals surface area contributed by atoms with Gasteiger partial charge >= 0.3 is 0 Å². The lowest BCUT2D eigenvalue weighted by Crippen LogP contribution is -2.18. The number of hydrogen-bond donors (Lipinski definition) is 2. The predicted octanol–water partition coefficient (Wildman–Crippen LogP) is 4.80. The Kier molecular flexibility index (Phi) is 7.12. The van der Waals surface area contributed by atoms with Crippen molar-refractivity contribution in [2.75, 3.05) is 18.1 Å². The van der Waals surface area contributed by atoms with Crippen LogP contribution in [0.4, 0.5) is 5.69 Å². The Balaban J connectivity index is 1.47. The van der Waals surface area contributed by atoms with E-state index in [0.29, 0.717) is 22.3 Å². The highest BCUT2D eigenvalue weighted by atomic mass is 35.5. The zero-order chi connectivity index (χ0) is 22.5. The van der Waals surface area contributed by atoms with E-state index >= 15 is 0 Å². The number of carbonyl (C=O) groups excluding carboxylic acids is 2. The Labute approximate surface area is 196 Å². The number of hydrogen-bond acceptors (Lipinski definition) is 5. The highest BCUT2D eigenvalue weighted by molar-refractivity contribution is 7.99. The lowest BCUT2D eigenvalue weighted by molar-refractivity contribution is -0.113. The van der Waals surface area contributed by atoms with Crippen molar-refractivity contribution >= 4 is 40.9 Å². The van der Waals surface area contributed by atoms with Crippen LogP contribution in [0.5, 0.6) is 0 Å². The molecule has 1 aromatic heterocycles. The van der Waals surface area contributed by atoms with Gasteiger partial charge in [0.2, 0.25) is 5.91 Å². The number of rotatable bonds is 7. The van der Waals surface area contributed by atoms with Crippen LogP contribution in [0.25, 0.3) is 11.4 Å². The normalized spacial score (nSPS) is 13.8. The molecular formula is C23H24ClN5O2S. The number of carbonyl (C=O) groups is 2. The molecule has 3 aromatic rings. The van der Waals surface area contributed by atoms with E-state index in [1.54, 1.807) is 31.3 Å².